The molecule has 3 rings (SSSR count). The van der Waals surface area contributed by atoms with E-state index in [-0.39, 0.29) is 36.9 Å². The van der Waals surface area contributed by atoms with Crippen LogP contribution in [0.3, 0.4) is 0 Å². The molecule has 1 fully saturated rings. The van der Waals surface area contributed by atoms with E-state index in [1.165, 1.54) is 0 Å². The summed E-state index contributed by atoms with van der Waals surface area (Å²) in [5.41, 5.74) is 3.83. The van der Waals surface area contributed by atoms with Gasteiger partial charge in [-0.1, -0.05) is 17.7 Å². The molecule has 1 amide bonds. The van der Waals surface area contributed by atoms with E-state index in [1.807, 2.05) is 45.9 Å². The van der Waals surface area contributed by atoms with Crippen LogP contribution in [0.25, 0.3) is 0 Å². The number of hydrogen-bond acceptors (Lipinski definition) is 4. The first-order chi connectivity index (χ1) is 12.8. The largest absolute Gasteiger partial charge is 0.465 e. The highest BCUT2D eigenvalue weighted by molar-refractivity contribution is 6.15. The maximum Gasteiger partial charge on any atom is 0.221 e. The molecule has 2 atom stereocenters. The van der Waals surface area contributed by atoms with Crippen LogP contribution in [-0.2, 0) is 20.9 Å². The third-order valence-electron chi connectivity index (χ3n) is 5.17. The van der Waals surface area contributed by atoms with E-state index in [0.717, 1.165) is 28.0 Å². The quantitative estimate of drug-likeness (QED) is 0.821. The second-order valence-electron chi connectivity index (χ2n) is 7.51. The predicted octanol–water partition coefficient (Wildman–Crippen LogP) is 3.46. The molecule has 5 heteroatoms. The molecule has 0 aliphatic heterocycles. The molecular formula is C22H25NO4. The van der Waals surface area contributed by atoms with Gasteiger partial charge in [0.1, 0.15) is 23.2 Å². The lowest BCUT2D eigenvalue weighted by Crippen LogP contribution is -2.27. The molecule has 0 spiro atoms. The van der Waals surface area contributed by atoms with Gasteiger partial charge < -0.3 is 9.73 Å². The lowest BCUT2D eigenvalue weighted by atomic mass is 9.86. The number of amides is 1. The van der Waals surface area contributed by atoms with E-state index in [9.17, 15) is 14.4 Å². The van der Waals surface area contributed by atoms with Crippen LogP contribution in [0, 0.1) is 33.6 Å². The Morgan fingerprint density at radius 2 is 1.78 bits per heavy atom. The van der Waals surface area contributed by atoms with Crippen LogP contribution in [0.5, 0.6) is 0 Å². The minimum Gasteiger partial charge on any atom is -0.465 e. The molecule has 2 aromatic rings. The lowest BCUT2D eigenvalue weighted by molar-refractivity contribution is -0.128. The number of benzene rings is 1. The third-order valence-corrected chi connectivity index (χ3v) is 5.17. The van der Waals surface area contributed by atoms with Crippen molar-refractivity contribution < 1.29 is 18.8 Å². The van der Waals surface area contributed by atoms with Crippen molar-refractivity contribution in [1.82, 2.24) is 5.32 Å². The smallest absolute Gasteiger partial charge is 0.221 e. The van der Waals surface area contributed by atoms with Gasteiger partial charge in [-0.2, -0.15) is 0 Å². The van der Waals surface area contributed by atoms with Gasteiger partial charge in [0.15, 0.2) is 5.78 Å². The zero-order valence-electron chi connectivity index (χ0n) is 16.2. The van der Waals surface area contributed by atoms with Gasteiger partial charge in [-0.15, -0.1) is 0 Å². The summed E-state index contributed by atoms with van der Waals surface area (Å²) >= 11 is 0. The number of ketones is 2. The van der Waals surface area contributed by atoms with Crippen LogP contribution in [-0.4, -0.2) is 17.5 Å². The Labute approximate surface area is 159 Å². The van der Waals surface area contributed by atoms with Gasteiger partial charge in [0, 0.05) is 18.8 Å². The fraction of sp³-hybridized carbons (Fsp3) is 0.409. The van der Waals surface area contributed by atoms with E-state index >= 15 is 0 Å². The van der Waals surface area contributed by atoms with Gasteiger partial charge in [0.25, 0.3) is 0 Å². The zero-order valence-corrected chi connectivity index (χ0v) is 16.2. The highest BCUT2D eigenvalue weighted by Crippen LogP contribution is 2.37. The van der Waals surface area contributed by atoms with Crippen molar-refractivity contribution in [3.63, 3.8) is 0 Å². The van der Waals surface area contributed by atoms with Crippen LogP contribution in [0.1, 0.15) is 52.5 Å². The molecule has 27 heavy (non-hydrogen) atoms. The number of carbonyl (C=O) groups is 3. The fourth-order valence-corrected chi connectivity index (χ4v) is 4.04. The number of furan rings is 1. The van der Waals surface area contributed by atoms with Crippen molar-refractivity contribution in [1.29, 1.82) is 0 Å². The first-order valence-electron chi connectivity index (χ1n) is 9.22. The Bertz CT molecular complexity index is 886. The minimum atomic E-state index is -0.740. The van der Waals surface area contributed by atoms with Crippen molar-refractivity contribution in [2.24, 2.45) is 5.92 Å². The molecule has 1 aromatic heterocycles. The van der Waals surface area contributed by atoms with E-state index in [2.05, 4.69) is 5.32 Å². The molecule has 0 radical (unpaired) electrons. The molecule has 1 aliphatic rings. The molecule has 1 heterocycles. The molecule has 1 N–H and O–H groups in total. The van der Waals surface area contributed by atoms with E-state index in [4.69, 9.17) is 4.42 Å². The number of Topliss-reactive ketones (excluding diaryl/α,β-unsaturated/α-hetero) is 2. The van der Waals surface area contributed by atoms with Crippen molar-refractivity contribution in [2.45, 2.75) is 53.0 Å². The van der Waals surface area contributed by atoms with Gasteiger partial charge in [0.2, 0.25) is 5.91 Å². The average molecular weight is 367 g/mol. The maximum atomic E-state index is 12.9. The highest BCUT2D eigenvalue weighted by atomic mass is 16.3. The summed E-state index contributed by atoms with van der Waals surface area (Å²) in [4.78, 5) is 37.7. The van der Waals surface area contributed by atoms with E-state index in [1.54, 1.807) is 6.07 Å². The molecule has 1 aliphatic carbocycles. The second-order valence-corrected chi connectivity index (χ2v) is 7.51. The summed E-state index contributed by atoms with van der Waals surface area (Å²) in [5.74, 6) is -0.320. The Morgan fingerprint density at radius 3 is 2.37 bits per heavy atom. The number of hydrogen-bond donors (Lipinski definition) is 1. The van der Waals surface area contributed by atoms with Crippen LogP contribution < -0.4 is 5.32 Å². The summed E-state index contributed by atoms with van der Waals surface area (Å²) in [6.07, 6.45) is 0.161. The zero-order chi connectivity index (χ0) is 19.7. The van der Waals surface area contributed by atoms with E-state index in [0.29, 0.717) is 5.76 Å². The van der Waals surface area contributed by atoms with Gasteiger partial charge >= 0.3 is 0 Å². The topological polar surface area (TPSA) is 76.4 Å². The average Bonchev–Trinajstić information content (AvgIpc) is 3.10. The molecule has 1 aromatic carbocycles. The van der Waals surface area contributed by atoms with Crippen LogP contribution in [0.15, 0.2) is 28.7 Å². The predicted molar refractivity (Wildman–Crippen MR) is 101 cm³/mol. The third kappa shape index (κ3) is 4.02. The van der Waals surface area contributed by atoms with Crippen LogP contribution >= 0.6 is 0 Å². The number of carbonyl (C=O) groups excluding carboxylic acids is 3. The van der Waals surface area contributed by atoms with Crippen LogP contribution in [0.4, 0.5) is 0 Å². The fourth-order valence-electron chi connectivity index (χ4n) is 4.04. The lowest BCUT2D eigenvalue weighted by Gasteiger charge is -2.16. The Morgan fingerprint density at radius 1 is 1.11 bits per heavy atom. The Balaban J connectivity index is 1.68. The van der Waals surface area contributed by atoms with Crippen molar-refractivity contribution >= 4 is 17.5 Å². The Hall–Kier alpha value is -2.69. The second kappa shape index (κ2) is 7.51. The van der Waals surface area contributed by atoms with Crippen LogP contribution in [0.2, 0.25) is 0 Å². The first kappa shape index (κ1) is 19.1. The Kier molecular flexibility index (Phi) is 5.31. The normalized spacial score (nSPS) is 19.6. The van der Waals surface area contributed by atoms with Gasteiger partial charge in [-0.3, -0.25) is 14.4 Å². The summed E-state index contributed by atoms with van der Waals surface area (Å²) in [5, 5.41) is 2.76. The van der Waals surface area contributed by atoms with Gasteiger partial charge in [-0.25, -0.2) is 0 Å². The number of aryl methyl sites for hydroxylation is 4. The van der Waals surface area contributed by atoms with E-state index < -0.39 is 11.8 Å². The molecule has 5 nitrogen and oxygen atoms in total. The molecule has 0 saturated heterocycles. The highest BCUT2D eigenvalue weighted by Gasteiger charge is 2.43. The standard InChI is InChI=1S/C22H25NO4/c1-12-7-13(2)20(14(3)8-12)21-18(24)9-16(22(21)26)10-19(25)23-11-17-6-5-15(4)27-17/h5-8,16,21H,9-11H2,1-4H3,(H,23,25). The molecule has 1 saturated carbocycles. The first-order valence-corrected chi connectivity index (χ1v) is 9.22. The maximum absolute atomic E-state index is 12.9. The number of rotatable bonds is 5. The molecule has 2 unspecified atom stereocenters. The molecule has 0 bridgehead atoms. The monoisotopic (exact) mass is 367 g/mol. The van der Waals surface area contributed by atoms with Gasteiger partial charge in [0.05, 0.1) is 6.54 Å². The summed E-state index contributed by atoms with van der Waals surface area (Å²) in [6.45, 7) is 7.97. The summed E-state index contributed by atoms with van der Waals surface area (Å²) in [6, 6.07) is 7.62. The minimum absolute atomic E-state index is 0.0325. The van der Waals surface area contributed by atoms with Crippen molar-refractivity contribution in [2.75, 3.05) is 0 Å². The number of nitrogens with one attached hydrogen (secondary N) is 1. The SMILES string of the molecule is Cc1cc(C)c(C2C(=O)CC(CC(=O)NCc3ccc(C)o3)C2=O)c(C)c1. The molecule has 142 valence electrons. The summed E-state index contributed by atoms with van der Waals surface area (Å²) < 4.78 is 5.42. The molecular weight excluding hydrogens is 342 g/mol. The van der Waals surface area contributed by atoms with Gasteiger partial charge in [-0.05, 0) is 56.5 Å². The van der Waals surface area contributed by atoms with Crippen molar-refractivity contribution in [3.8, 4) is 0 Å². The van der Waals surface area contributed by atoms with Crippen molar-refractivity contribution in [3.05, 3.63) is 58.0 Å². The summed E-state index contributed by atoms with van der Waals surface area (Å²) in [7, 11) is 0.